The van der Waals surface area contributed by atoms with Gasteiger partial charge in [0.25, 0.3) is 5.91 Å². The minimum Gasteiger partial charge on any atom is -0.484 e. The van der Waals surface area contributed by atoms with Crippen molar-refractivity contribution in [3.63, 3.8) is 0 Å². The molecule has 30 heavy (non-hydrogen) atoms. The maximum Gasteiger partial charge on any atom is 0.257 e. The molecule has 0 radical (unpaired) electrons. The summed E-state index contributed by atoms with van der Waals surface area (Å²) in [6, 6.07) is 25.7. The summed E-state index contributed by atoms with van der Waals surface area (Å²) in [7, 11) is 0. The van der Waals surface area contributed by atoms with E-state index in [0.717, 1.165) is 27.9 Å². The molecule has 0 bridgehead atoms. The number of hydrogen-bond donors (Lipinski definition) is 1. The highest BCUT2D eigenvalue weighted by atomic mass is 79.9. The fourth-order valence-electron chi connectivity index (χ4n) is 3.30. The first-order valence-corrected chi connectivity index (χ1v) is 10.6. The monoisotopic (exact) mass is 463 g/mol. The predicted octanol–water partition coefficient (Wildman–Crippen LogP) is 4.58. The number of hydrogen-bond acceptors (Lipinski definition) is 3. The highest BCUT2D eigenvalue weighted by molar-refractivity contribution is 9.10. The highest BCUT2D eigenvalue weighted by Crippen LogP contribution is 2.19. The van der Waals surface area contributed by atoms with Gasteiger partial charge >= 0.3 is 0 Å². The van der Waals surface area contributed by atoms with Crippen LogP contribution in [0.3, 0.4) is 0 Å². The minimum absolute atomic E-state index is 0.000672. The van der Waals surface area contributed by atoms with Crippen LogP contribution in [0.4, 0.5) is 0 Å². The standard InChI is InChI=1S/C24H22BrN3O2/c25-19-12-10-18(11-13-19)16-28-22-9-5-4-8-21(22)27-23(28)14-15-26-24(29)17-30-20-6-2-1-3-7-20/h1-13H,14-17H2,(H,26,29). The van der Waals surface area contributed by atoms with Crippen LogP contribution in [-0.2, 0) is 17.8 Å². The van der Waals surface area contributed by atoms with Gasteiger partial charge in [-0.1, -0.05) is 58.4 Å². The van der Waals surface area contributed by atoms with Crippen molar-refractivity contribution in [1.82, 2.24) is 14.9 Å². The van der Waals surface area contributed by atoms with E-state index in [-0.39, 0.29) is 12.5 Å². The number of carbonyl (C=O) groups is 1. The van der Waals surface area contributed by atoms with Gasteiger partial charge in [-0.3, -0.25) is 4.79 Å². The lowest BCUT2D eigenvalue weighted by Gasteiger charge is -2.11. The van der Waals surface area contributed by atoms with Gasteiger partial charge in [-0.25, -0.2) is 4.98 Å². The van der Waals surface area contributed by atoms with Crippen molar-refractivity contribution in [2.75, 3.05) is 13.2 Å². The van der Waals surface area contributed by atoms with Gasteiger partial charge in [0, 0.05) is 24.0 Å². The first-order chi connectivity index (χ1) is 14.7. The summed E-state index contributed by atoms with van der Waals surface area (Å²) in [6.07, 6.45) is 0.641. The van der Waals surface area contributed by atoms with Crippen LogP contribution in [-0.4, -0.2) is 28.6 Å². The van der Waals surface area contributed by atoms with E-state index < -0.39 is 0 Å². The van der Waals surface area contributed by atoms with Gasteiger partial charge < -0.3 is 14.6 Å². The molecule has 0 saturated carbocycles. The molecule has 3 aromatic carbocycles. The van der Waals surface area contributed by atoms with E-state index in [4.69, 9.17) is 9.72 Å². The van der Waals surface area contributed by atoms with Crippen LogP contribution in [0.5, 0.6) is 5.75 Å². The van der Waals surface area contributed by atoms with Crippen molar-refractivity contribution in [2.45, 2.75) is 13.0 Å². The molecule has 0 aliphatic rings. The Labute approximate surface area is 183 Å². The number of imidazole rings is 1. The number of fused-ring (bicyclic) bond motifs is 1. The largest absolute Gasteiger partial charge is 0.484 e. The van der Waals surface area contributed by atoms with Crippen LogP contribution in [0.25, 0.3) is 11.0 Å². The van der Waals surface area contributed by atoms with Crippen LogP contribution in [0, 0.1) is 0 Å². The Kier molecular flexibility index (Phi) is 6.44. The molecule has 0 unspecified atom stereocenters. The second-order valence-corrected chi connectivity index (χ2v) is 7.85. The van der Waals surface area contributed by atoms with Crippen molar-refractivity contribution in [3.8, 4) is 5.75 Å². The van der Waals surface area contributed by atoms with E-state index in [1.807, 2.05) is 60.7 Å². The zero-order valence-electron chi connectivity index (χ0n) is 16.4. The molecule has 0 saturated heterocycles. The Hall–Kier alpha value is -3.12. The molecule has 5 nitrogen and oxygen atoms in total. The number of nitrogens with one attached hydrogen (secondary N) is 1. The van der Waals surface area contributed by atoms with Crippen molar-refractivity contribution < 1.29 is 9.53 Å². The second-order valence-electron chi connectivity index (χ2n) is 6.93. The molecule has 0 aliphatic carbocycles. The lowest BCUT2D eigenvalue weighted by atomic mass is 10.2. The zero-order valence-corrected chi connectivity index (χ0v) is 18.0. The van der Waals surface area contributed by atoms with Crippen LogP contribution in [0.15, 0.2) is 83.3 Å². The molecule has 4 rings (SSSR count). The molecule has 1 aromatic heterocycles. The van der Waals surface area contributed by atoms with E-state index in [2.05, 4.69) is 44.0 Å². The summed E-state index contributed by atoms with van der Waals surface area (Å²) in [5, 5.41) is 2.92. The molecule has 0 atom stereocenters. The lowest BCUT2D eigenvalue weighted by molar-refractivity contribution is -0.123. The summed E-state index contributed by atoms with van der Waals surface area (Å²) in [5.74, 6) is 1.49. The van der Waals surface area contributed by atoms with Crippen molar-refractivity contribution in [2.24, 2.45) is 0 Å². The number of rotatable bonds is 8. The van der Waals surface area contributed by atoms with Crippen molar-refractivity contribution >= 4 is 32.9 Å². The molecule has 6 heteroatoms. The van der Waals surface area contributed by atoms with Crippen molar-refractivity contribution in [1.29, 1.82) is 0 Å². The summed E-state index contributed by atoms with van der Waals surface area (Å²) in [6.45, 7) is 1.23. The van der Waals surface area contributed by atoms with Gasteiger partial charge in [0.2, 0.25) is 0 Å². The molecule has 0 fully saturated rings. The maximum absolute atomic E-state index is 12.1. The van der Waals surface area contributed by atoms with E-state index in [1.54, 1.807) is 0 Å². The first-order valence-electron chi connectivity index (χ1n) is 9.82. The number of amides is 1. The third-order valence-corrected chi connectivity index (χ3v) is 5.30. The van der Waals surface area contributed by atoms with Gasteiger partial charge in [0.1, 0.15) is 11.6 Å². The fourth-order valence-corrected chi connectivity index (χ4v) is 3.56. The van der Waals surface area contributed by atoms with Gasteiger partial charge in [0.15, 0.2) is 6.61 Å². The fraction of sp³-hybridized carbons (Fsp3) is 0.167. The smallest absolute Gasteiger partial charge is 0.257 e. The Morgan fingerprint density at radius 1 is 0.967 bits per heavy atom. The van der Waals surface area contributed by atoms with E-state index >= 15 is 0 Å². The number of carbonyl (C=O) groups excluding carboxylic acids is 1. The van der Waals surface area contributed by atoms with E-state index in [9.17, 15) is 4.79 Å². The summed E-state index contributed by atoms with van der Waals surface area (Å²) >= 11 is 3.48. The Morgan fingerprint density at radius 2 is 1.70 bits per heavy atom. The molecule has 152 valence electrons. The Morgan fingerprint density at radius 3 is 2.50 bits per heavy atom. The summed E-state index contributed by atoms with van der Waals surface area (Å²) in [5.41, 5.74) is 3.25. The topological polar surface area (TPSA) is 56.1 Å². The van der Waals surface area contributed by atoms with Crippen LogP contribution >= 0.6 is 15.9 Å². The normalized spacial score (nSPS) is 10.8. The summed E-state index contributed by atoms with van der Waals surface area (Å²) < 4.78 is 8.77. The number of para-hydroxylation sites is 3. The lowest BCUT2D eigenvalue weighted by Crippen LogP contribution is -2.31. The van der Waals surface area contributed by atoms with Gasteiger partial charge in [0.05, 0.1) is 11.0 Å². The molecular weight excluding hydrogens is 442 g/mol. The second kappa shape index (κ2) is 9.59. The predicted molar refractivity (Wildman–Crippen MR) is 122 cm³/mol. The average molecular weight is 464 g/mol. The Balaban J connectivity index is 1.40. The molecule has 1 N–H and O–H groups in total. The van der Waals surface area contributed by atoms with Crippen LogP contribution in [0.1, 0.15) is 11.4 Å². The quantitative estimate of drug-likeness (QED) is 0.415. The molecular formula is C24H22BrN3O2. The van der Waals surface area contributed by atoms with Crippen molar-refractivity contribution in [3.05, 3.63) is 94.7 Å². The maximum atomic E-state index is 12.1. The molecule has 0 spiro atoms. The van der Waals surface area contributed by atoms with Crippen LogP contribution in [0.2, 0.25) is 0 Å². The number of benzene rings is 3. The number of halogens is 1. The first kappa shape index (κ1) is 20.2. The number of nitrogens with zero attached hydrogens (tertiary/aromatic N) is 2. The minimum atomic E-state index is -0.144. The third kappa shape index (κ3) is 5.07. The van der Waals surface area contributed by atoms with Gasteiger partial charge in [-0.15, -0.1) is 0 Å². The van der Waals surface area contributed by atoms with Crippen LogP contribution < -0.4 is 10.1 Å². The SMILES string of the molecule is O=C(COc1ccccc1)NCCc1nc2ccccc2n1Cc1ccc(Br)cc1. The molecule has 1 amide bonds. The number of ether oxygens (including phenoxy) is 1. The summed E-state index contributed by atoms with van der Waals surface area (Å²) in [4.78, 5) is 16.9. The third-order valence-electron chi connectivity index (χ3n) is 4.77. The Bertz CT molecular complexity index is 1120. The zero-order chi connectivity index (χ0) is 20.8. The molecule has 1 heterocycles. The molecule has 4 aromatic rings. The number of aromatic nitrogens is 2. The average Bonchev–Trinajstić information content (AvgIpc) is 3.12. The highest BCUT2D eigenvalue weighted by Gasteiger charge is 2.11. The molecule has 0 aliphatic heterocycles. The van der Waals surface area contributed by atoms with E-state index in [0.29, 0.717) is 18.7 Å². The van der Waals surface area contributed by atoms with Gasteiger partial charge in [-0.2, -0.15) is 0 Å². The van der Waals surface area contributed by atoms with Gasteiger partial charge in [-0.05, 0) is 42.0 Å². The van der Waals surface area contributed by atoms with E-state index in [1.165, 1.54) is 5.56 Å².